The number of nitrogens with one attached hydrogen (secondary N) is 1. The highest BCUT2D eigenvalue weighted by molar-refractivity contribution is 6.07. The van der Waals surface area contributed by atoms with Crippen LogP contribution in [0, 0.1) is 5.41 Å². The first-order valence-corrected chi connectivity index (χ1v) is 6.42. The topological polar surface area (TPSA) is 108 Å². The van der Waals surface area contributed by atoms with Crippen molar-refractivity contribution >= 4 is 17.6 Å². The van der Waals surface area contributed by atoms with Crippen molar-refractivity contribution in [3.8, 4) is 0 Å². The normalized spacial score (nSPS) is 18.1. The lowest BCUT2D eigenvalue weighted by Gasteiger charge is -2.31. The molecule has 4 N–H and O–H groups in total. The van der Waals surface area contributed by atoms with Crippen molar-refractivity contribution in [2.24, 2.45) is 16.3 Å². The highest BCUT2D eigenvalue weighted by atomic mass is 16.4. The Morgan fingerprint density at radius 2 is 2.00 bits per heavy atom. The highest BCUT2D eigenvalue weighted by Gasteiger charge is 2.46. The third-order valence-electron chi connectivity index (χ3n) is 3.76. The summed E-state index contributed by atoms with van der Waals surface area (Å²) in [5.41, 5.74) is 4.81. The van der Waals surface area contributed by atoms with Crippen LogP contribution < -0.4 is 11.1 Å². The molecule has 19 heavy (non-hydrogen) atoms. The van der Waals surface area contributed by atoms with Gasteiger partial charge in [-0.2, -0.15) is 0 Å². The van der Waals surface area contributed by atoms with Crippen LogP contribution in [0.5, 0.6) is 0 Å². The quantitative estimate of drug-likeness (QED) is 0.280. The highest BCUT2D eigenvalue weighted by Crippen LogP contribution is 2.39. The van der Waals surface area contributed by atoms with Gasteiger partial charge in [0.2, 0.25) is 11.8 Å². The zero-order valence-corrected chi connectivity index (χ0v) is 11.5. The number of nitrogens with zero attached hydrogens (tertiary/aromatic N) is 2. The molecule has 1 aliphatic carbocycles. The molecule has 0 saturated heterocycles. The molecule has 0 aromatic carbocycles. The molecule has 1 saturated carbocycles. The Labute approximate surface area is 112 Å². The summed E-state index contributed by atoms with van der Waals surface area (Å²) in [4.78, 5) is 25.2. The van der Waals surface area contributed by atoms with E-state index in [0.29, 0.717) is 19.4 Å². The molecule has 0 aromatic rings. The molecule has 108 valence electrons. The predicted octanol–water partition coefficient (Wildman–Crippen LogP) is -0.112. The summed E-state index contributed by atoms with van der Waals surface area (Å²) in [6.07, 6.45) is 3.18. The van der Waals surface area contributed by atoms with Crippen LogP contribution in [0.25, 0.3) is 0 Å². The van der Waals surface area contributed by atoms with E-state index in [-0.39, 0.29) is 24.1 Å². The number of carbonyl (C=O) groups excluding carboxylic acids is 2. The first kappa shape index (κ1) is 15.3. The minimum Gasteiger partial charge on any atom is -0.409 e. The second-order valence-electron chi connectivity index (χ2n) is 4.92. The first-order valence-electron chi connectivity index (χ1n) is 6.42. The molecular formula is C12H22N4O3. The van der Waals surface area contributed by atoms with Crippen molar-refractivity contribution in [2.75, 3.05) is 20.6 Å². The molecule has 0 atom stereocenters. The van der Waals surface area contributed by atoms with Gasteiger partial charge in [0.1, 0.15) is 5.41 Å². The van der Waals surface area contributed by atoms with E-state index in [1.807, 2.05) is 0 Å². The maximum Gasteiger partial charge on any atom is 0.236 e. The smallest absolute Gasteiger partial charge is 0.236 e. The minimum atomic E-state index is -0.897. The van der Waals surface area contributed by atoms with Crippen molar-refractivity contribution < 1.29 is 14.8 Å². The van der Waals surface area contributed by atoms with E-state index in [2.05, 4.69) is 10.5 Å². The van der Waals surface area contributed by atoms with Gasteiger partial charge < -0.3 is 21.2 Å². The summed E-state index contributed by atoms with van der Waals surface area (Å²) >= 11 is 0. The number of rotatable bonds is 5. The lowest BCUT2D eigenvalue weighted by Crippen LogP contribution is -2.49. The van der Waals surface area contributed by atoms with Crippen LogP contribution in [0.2, 0.25) is 0 Å². The molecule has 0 radical (unpaired) electrons. The molecule has 1 rings (SSSR count). The minimum absolute atomic E-state index is 0.0261. The van der Waals surface area contributed by atoms with E-state index >= 15 is 0 Å². The lowest BCUT2D eigenvalue weighted by atomic mass is 9.83. The number of hydrogen-bond acceptors (Lipinski definition) is 4. The molecule has 1 aliphatic rings. The average molecular weight is 270 g/mol. The number of hydrogen-bond donors (Lipinski definition) is 3. The SMILES string of the molecule is CNC(=O)CCN(C)C(=O)C1(C(N)=NO)CCCC1. The summed E-state index contributed by atoms with van der Waals surface area (Å²) in [5, 5.41) is 14.4. The van der Waals surface area contributed by atoms with Crippen LogP contribution in [0.1, 0.15) is 32.1 Å². The van der Waals surface area contributed by atoms with Gasteiger partial charge in [-0.3, -0.25) is 9.59 Å². The van der Waals surface area contributed by atoms with Crippen LogP contribution in [0.4, 0.5) is 0 Å². The number of nitrogens with two attached hydrogens (primary N) is 1. The molecule has 0 unspecified atom stereocenters. The van der Waals surface area contributed by atoms with Gasteiger partial charge in [0.15, 0.2) is 5.84 Å². The van der Waals surface area contributed by atoms with E-state index in [9.17, 15) is 9.59 Å². The van der Waals surface area contributed by atoms with Crippen molar-refractivity contribution in [3.05, 3.63) is 0 Å². The van der Waals surface area contributed by atoms with Crippen LogP contribution in [-0.2, 0) is 9.59 Å². The molecule has 0 aromatic heterocycles. The third-order valence-corrected chi connectivity index (χ3v) is 3.76. The van der Waals surface area contributed by atoms with Gasteiger partial charge in [-0.05, 0) is 12.8 Å². The predicted molar refractivity (Wildman–Crippen MR) is 70.6 cm³/mol. The van der Waals surface area contributed by atoms with Crippen molar-refractivity contribution in [1.29, 1.82) is 0 Å². The van der Waals surface area contributed by atoms with Crippen LogP contribution in [0.3, 0.4) is 0 Å². The number of carbonyl (C=O) groups is 2. The molecule has 7 nitrogen and oxygen atoms in total. The maximum absolute atomic E-state index is 12.5. The Bertz CT molecular complexity index is 375. The van der Waals surface area contributed by atoms with E-state index in [0.717, 1.165) is 12.8 Å². The Kier molecular flexibility index (Phi) is 5.14. The number of amidine groups is 1. The van der Waals surface area contributed by atoms with E-state index in [1.165, 1.54) is 4.90 Å². The summed E-state index contributed by atoms with van der Waals surface area (Å²) in [7, 11) is 3.19. The van der Waals surface area contributed by atoms with Gasteiger partial charge in [-0.25, -0.2) is 0 Å². The Balaban J connectivity index is 2.75. The molecular weight excluding hydrogens is 248 g/mol. The van der Waals surface area contributed by atoms with Crippen molar-refractivity contribution in [3.63, 3.8) is 0 Å². The van der Waals surface area contributed by atoms with E-state index in [1.54, 1.807) is 14.1 Å². The average Bonchev–Trinajstić information content (AvgIpc) is 2.93. The summed E-state index contributed by atoms with van der Waals surface area (Å²) in [6.45, 7) is 0.318. The molecule has 0 heterocycles. The zero-order valence-electron chi connectivity index (χ0n) is 11.5. The van der Waals surface area contributed by atoms with Gasteiger partial charge >= 0.3 is 0 Å². The van der Waals surface area contributed by atoms with E-state index in [4.69, 9.17) is 10.9 Å². The van der Waals surface area contributed by atoms with Crippen molar-refractivity contribution in [2.45, 2.75) is 32.1 Å². The second kappa shape index (κ2) is 6.40. The zero-order chi connectivity index (χ0) is 14.5. The van der Waals surface area contributed by atoms with Gasteiger partial charge in [0.05, 0.1) is 0 Å². The second-order valence-corrected chi connectivity index (χ2v) is 4.92. The third kappa shape index (κ3) is 3.15. The Hall–Kier alpha value is -1.79. The van der Waals surface area contributed by atoms with E-state index < -0.39 is 5.41 Å². The first-order chi connectivity index (χ1) is 8.97. The van der Waals surface area contributed by atoms with Crippen LogP contribution >= 0.6 is 0 Å². The monoisotopic (exact) mass is 270 g/mol. The maximum atomic E-state index is 12.5. The fraction of sp³-hybridized carbons (Fsp3) is 0.750. The summed E-state index contributed by atoms with van der Waals surface area (Å²) < 4.78 is 0. The lowest BCUT2D eigenvalue weighted by molar-refractivity contribution is -0.137. The van der Waals surface area contributed by atoms with Crippen LogP contribution in [-0.4, -0.2) is 48.4 Å². The summed E-state index contributed by atoms with van der Waals surface area (Å²) in [5.74, 6) is -0.324. The van der Waals surface area contributed by atoms with Crippen molar-refractivity contribution in [1.82, 2.24) is 10.2 Å². The standard InChI is InChI=1S/C12H22N4O3/c1-14-9(17)5-8-16(2)11(18)12(10(13)15-19)6-3-4-7-12/h19H,3-8H2,1-2H3,(H2,13,15)(H,14,17). The molecule has 1 fully saturated rings. The van der Waals surface area contributed by atoms with Gasteiger partial charge in [0, 0.05) is 27.1 Å². The number of amides is 2. The van der Waals surface area contributed by atoms with Gasteiger partial charge in [-0.15, -0.1) is 0 Å². The van der Waals surface area contributed by atoms with Crippen LogP contribution in [0.15, 0.2) is 5.16 Å². The molecule has 0 aliphatic heterocycles. The molecule has 0 spiro atoms. The molecule has 7 heteroatoms. The molecule has 0 bridgehead atoms. The summed E-state index contributed by atoms with van der Waals surface area (Å²) in [6, 6.07) is 0. The Morgan fingerprint density at radius 1 is 1.42 bits per heavy atom. The number of oxime groups is 1. The fourth-order valence-corrected chi connectivity index (χ4v) is 2.51. The fourth-order valence-electron chi connectivity index (χ4n) is 2.51. The van der Waals surface area contributed by atoms with Gasteiger partial charge in [0.25, 0.3) is 0 Å². The largest absolute Gasteiger partial charge is 0.409 e. The molecule has 2 amide bonds. The Morgan fingerprint density at radius 3 is 2.47 bits per heavy atom. The van der Waals surface area contributed by atoms with Gasteiger partial charge in [-0.1, -0.05) is 18.0 Å².